The van der Waals surface area contributed by atoms with Crippen LogP contribution in [-0.4, -0.2) is 30.6 Å². The van der Waals surface area contributed by atoms with Gasteiger partial charge in [0.2, 0.25) is 5.88 Å². The maximum atomic E-state index is 11.5. The van der Waals surface area contributed by atoms with Gasteiger partial charge in [-0.05, 0) is 13.3 Å². The van der Waals surface area contributed by atoms with Crippen LogP contribution in [0.1, 0.15) is 45.0 Å². The third-order valence-corrected chi connectivity index (χ3v) is 2.77. The van der Waals surface area contributed by atoms with Gasteiger partial charge in [0.15, 0.2) is 11.9 Å². The second kappa shape index (κ2) is 7.18. The van der Waals surface area contributed by atoms with Crippen molar-refractivity contribution in [3.05, 3.63) is 18.1 Å². The molecule has 0 aromatic carbocycles. The van der Waals surface area contributed by atoms with Gasteiger partial charge in [0.05, 0.1) is 6.26 Å². The lowest BCUT2D eigenvalue weighted by Gasteiger charge is -2.12. The van der Waals surface area contributed by atoms with E-state index >= 15 is 0 Å². The monoisotopic (exact) mass is 302 g/mol. The summed E-state index contributed by atoms with van der Waals surface area (Å²) in [6.07, 6.45) is 3.59. The Morgan fingerprint density at radius 3 is 2.75 bits per heavy atom. The summed E-state index contributed by atoms with van der Waals surface area (Å²) in [4.78, 5) is 19.3. The minimum absolute atomic E-state index is 0.103. The molecule has 1 rings (SSSR count). The molecular formula is C12H18N2O5S. The van der Waals surface area contributed by atoms with Crippen molar-refractivity contribution in [3.63, 3.8) is 0 Å². The van der Waals surface area contributed by atoms with Crippen molar-refractivity contribution in [2.45, 2.75) is 39.2 Å². The predicted molar refractivity (Wildman–Crippen MR) is 71.5 cm³/mol. The molecule has 7 nitrogen and oxygen atoms in total. The van der Waals surface area contributed by atoms with Crippen molar-refractivity contribution >= 4 is 16.1 Å². The van der Waals surface area contributed by atoms with Gasteiger partial charge in [-0.25, -0.2) is 4.98 Å². The van der Waals surface area contributed by atoms with Gasteiger partial charge < -0.3 is 8.92 Å². The highest BCUT2D eigenvalue weighted by Crippen LogP contribution is 2.17. The van der Waals surface area contributed by atoms with E-state index in [0.29, 0.717) is 6.42 Å². The molecular weight excluding hydrogens is 284 g/mol. The van der Waals surface area contributed by atoms with Crippen LogP contribution < -0.4 is 4.18 Å². The molecule has 20 heavy (non-hydrogen) atoms. The quantitative estimate of drug-likeness (QED) is 0.557. The van der Waals surface area contributed by atoms with E-state index in [0.717, 1.165) is 19.1 Å². The summed E-state index contributed by atoms with van der Waals surface area (Å²) < 4.78 is 31.8. The summed E-state index contributed by atoms with van der Waals surface area (Å²) >= 11 is 0. The van der Waals surface area contributed by atoms with Gasteiger partial charge in [-0.3, -0.25) is 4.79 Å². The lowest BCUT2D eigenvalue weighted by Crippen LogP contribution is -2.13. The average molecular weight is 302 g/mol. The van der Waals surface area contributed by atoms with E-state index in [9.17, 15) is 13.2 Å². The molecule has 8 heteroatoms. The van der Waals surface area contributed by atoms with Gasteiger partial charge in [-0.15, -0.1) is 0 Å². The topological polar surface area (TPSA) is 95.5 Å². The fourth-order valence-corrected chi connectivity index (χ4v) is 1.79. The highest BCUT2D eigenvalue weighted by molar-refractivity contribution is 7.86. The van der Waals surface area contributed by atoms with Crippen LogP contribution in [0.5, 0.6) is 5.88 Å². The zero-order valence-electron chi connectivity index (χ0n) is 11.7. The summed E-state index contributed by atoms with van der Waals surface area (Å²) in [7, 11) is -3.65. The van der Waals surface area contributed by atoms with E-state index in [-0.39, 0.29) is 17.7 Å². The SMILES string of the molecule is CCCCC(=O)O[C@H](C)c1nccc(OS(C)(=O)=O)n1. The number of rotatable bonds is 7. The maximum absolute atomic E-state index is 11.5. The summed E-state index contributed by atoms with van der Waals surface area (Å²) in [6.45, 7) is 3.59. The minimum Gasteiger partial charge on any atom is -0.454 e. The Morgan fingerprint density at radius 2 is 2.15 bits per heavy atom. The molecule has 0 radical (unpaired) electrons. The van der Waals surface area contributed by atoms with Crippen molar-refractivity contribution in [1.29, 1.82) is 0 Å². The van der Waals surface area contributed by atoms with Crippen molar-refractivity contribution < 1.29 is 22.1 Å². The van der Waals surface area contributed by atoms with E-state index in [2.05, 4.69) is 14.2 Å². The number of nitrogens with zero attached hydrogens (tertiary/aromatic N) is 2. The van der Waals surface area contributed by atoms with Crippen LogP contribution in [0, 0.1) is 0 Å². The Balaban J connectivity index is 2.71. The van der Waals surface area contributed by atoms with E-state index in [1.165, 1.54) is 12.3 Å². The summed E-state index contributed by atoms with van der Waals surface area (Å²) in [5.41, 5.74) is 0. The molecule has 0 aliphatic rings. The van der Waals surface area contributed by atoms with E-state index < -0.39 is 16.2 Å². The smallest absolute Gasteiger partial charge is 0.307 e. The Morgan fingerprint density at radius 1 is 1.45 bits per heavy atom. The third-order valence-electron chi connectivity index (χ3n) is 2.29. The summed E-state index contributed by atoms with van der Waals surface area (Å²) in [5.74, 6) is -0.248. The molecule has 1 heterocycles. The summed E-state index contributed by atoms with van der Waals surface area (Å²) in [5, 5.41) is 0. The largest absolute Gasteiger partial charge is 0.454 e. The average Bonchev–Trinajstić information content (AvgIpc) is 2.34. The van der Waals surface area contributed by atoms with E-state index in [1.807, 2.05) is 6.92 Å². The van der Waals surface area contributed by atoms with Gasteiger partial charge in [0.25, 0.3) is 0 Å². The molecule has 0 N–H and O–H groups in total. The van der Waals surface area contributed by atoms with Crippen molar-refractivity contribution in [3.8, 4) is 5.88 Å². The zero-order valence-corrected chi connectivity index (χ0v) is 12.5. The van der Waals surface area contributed by atoms with E-state index in [1.54, 1.807) is 6.92 Å². The Kier molecular flexibility index (Phi) is 5.87. The Hall–Kier alpha value is -1.70. The number of unbranched alkanes of at least 4 members (excludes halogenated alkanes) is 1. The standard InChI is InChI=1S/C12H18N2O5S/c1-4-5-6-11(15)18-9(2)12-13-8-7-10(14-12)19-20(3,16)17/h7-9H,4-6H2,1-3H3/t9-/m1/s1. The fraction of sp³-hybridized carbons (Fsp3) is 0.583. The molecule has 0 bridgehead atoms. The molecule has 0 spiro atoms. The second-order valence-electron chi connectivity index (χ2n) is 4.28. The lowest BCUT2D eigenvalue weighted by atomic mass is 10.2. The van der Waals surface area contributed by atoms with Crippen LogP contribution >= 0.6 is 0 Å². The van der Waals surface area contributed by atoms with Gasteiger partial charge in [-0.2, -0.15) is 13.4 Å². The lowest BCUT2D eigenvalue weighted by molar-refractivity contribution is -0.149. The normalized spacial score (nSPS) is 12.8. The first-order chi connectivity index (χ1) is 9.31. The molecule has 0 unspecified atom stereocenters. The number of carbonyl (C=O) groups excluding carboxylic acids is 1. The van der Waals surface area contributed by atoms with Crippen LogP contribution in [0.3, 0.4) is 0 Å². The molecule has 112 valence electrons. The molecule has 1 aromatic rings. The molecule has 0 aliphatic heterocycles. The van der Waals surface area contributed by atoms with Crippen molar-refractivity contribution in [1.82, 2.24) is 9.97 Å². The van der Waals surface area contributed by atoms with Crippen LogP contribution in [0.25, 0.3) is 0 Å². The van der Waals surface area contributed by atoms with Gasteiger partial charge >= 0.3 is 16.1 Å². The molecule has 0 aliphatic carbocycles. The zero-order chi connectivity index (χ0) is 15.2. The van der Waals surface area contributed by atoms with Crippen LogP contribution in [0.15, 0.2) is 12.3 Å². The van der Waals surface area contributed by atoms with Gasteiger partial charge in [0, 0.05) is 18.7 Å². The molecule has 0 saturated carbocycles. The van der Waals surface area contributed by atoms with Crippen LogP contribution in [0.2, 0.25) is 0 Å². The minimum atomic E-state index is -3.65. The molecule has 0 saturated heterocycles. The first kappa shape index (κ1) is 16.4. The number of esters is 1. The Labute approximate surface area is 118 Å². The summed E-state index contributed by atoms with van der Waals surface area (Å²) in [6, 6.07) is 1.32. The van der Waals surface area contributed by atoms with Crippen LogP contribution in [-0.2, 0) is 19.6 Å². The predicted octanol–water partition coefficient (Wildman–Crippen LogP) is 1.61. The molecule has 0 fully saturated rings. The molecule has 0 amide bonds. The van der Waals surface area contributed by atoms with Gasteiger partial charge in [-0.1, -0.05) is 13.3 Å². The number of ether oxygens (including phenoxy) is 1. The number of carbonyl (C=O) groups is 1. The maximum Gasteiger partial charge on any atom is 0.307 e. The molecule has 1 atom stereocenters. The number of hydrogen-bond acceptors (Lipinski definition) is 7. The molecule has 1 aromatic heterocycles. The highest BCUT2D eigenvalue weighted by atomic mass is 32.2. The van der Waals surface area contributed by atoms with Crippen molar-refractivity contribution in [2.24, 2.45) is 0 Å². The first-order valence-electron chi connectivity index (χ1n) is 6.23. The third kappa shape index (κ3) is 5.96. The number of aromatic nitrogens is 2. The fourth-order valence-electron chi connectivity index (χ4n) is 1.38. The second-order valence-corrected chi connectivity index (χ2v) is 5.85. The van der Waals surface area contributed by atoms with Crippen molar-refractivity contribution in [2.75, 3.05) is 6.26 Å². The van der Waals surface area contributed by atoms with Crippen LogP contribution in [0.4, 0.5) is 0 Å². The highest BCUT2D eigenvalue weighted by Gasteiger charge is 2.16. The van der Waals surface area contributed by atoms with Gasteiger partial charge in [0.1, 0.15) is 0 Å². The Bertz CT molecular complexity index is 559. The van der Waals surface area contributed by atoms with E-state index in [4.69, 9.17) is 4.74 Å². The first-order valence-corrected chi connectivity index (χ1v) is 8.05. The number of hydrogen-bond donors (Lipinski definition) is 0.